The molecular weight excluding hydrogens is 436 g/mol. The van der Waals surface area contributed by atoms with Gasteiger partial charge in [-0.25, -0.2) is 10.2 Å². The number of phenols is 1. The molecular formula is C22H17BrN2O4. The summed E-state index contributed by atoms with van der Waals surface area (Å²) in [4.78, 5) is 24.6. The second-order valence-electron chi connectivity index (χ2n) is 6.10. The summed E-state index contributed by atoms with van der Waals surface area (Å²) in [5, 5.41) is 13.6. The number of carbonyl (C=O) groups is 2. The van der Waals surface area contributed by atoms with E-state index in [0.29, 0.717) is 16.9 Å². The van der Waals surface area contributed by atoms with Gasteiger partial charge < -0.3 is 9.84 Å². The monoisotopic (exact) mass is 452 g/mol. The first kappa shape index (κ1) is 20.3. The van der Waals surface area contributed by atoms with Crippen LogP contribution in [-0.4, -0.2) is 23.2 Å². The fraction of sp³-hybridized carbons (Fsp3) is 0.0455. The standard InChI is InChI=1S/C22H17BrN2O4/c1-14-6-2-3-7-17(14)22(28)29-20-11-10-16(23)12-15(20)13-24-25-21(27)18-8-4-5-9-19(18)26/h2-13,26H,1H3,(H,25,27)/b24-13-. The minimum absolute atomic E-state index is 0.102. The maximum absolute atomic E-state index is 12.5. The molecule has 29 heavy (non-hydrogen) atoms. The van der Waals surface area contributed by atoms with E-state index in [-0.39, 0.29) is 11.3 Å². The van der Waals surface area contributed by atoms with E-state index in [4.69, 9.17) is 4.74 Å². The number of hydrogen-bond acceptors (Lipinski definition) is 5. The summed E-state index contributed by atoms with van der Waals surface area (Å²) < 4.78 is 6.28. The highest BCUT2D eigenvalue weighted by Gasteiger charge is 2.14. The third kappa shape index (κ3) is 5.08. The average Bonchev–Trinajstić information content (AvgIpc) is 2.70. The van der Waals surface area contributed by atoms with Crippen molar-refractivity contribution < 1.29 is 19.4 Å². The van der Waals surface area contributed by atoms with E-state index >= 15 is 0 Å². The Morgan fingerprint density at radius 3 is 2.45 bits per heavy atom. The van der Waals surface area contributed by atoms with Gasteiger partial charge in [-0.3, -0.25) is 4.79 Å². The molecule has 0 spiro atoms. The number of rotatable bonds is 5. The lowest BCUT2D eigenvalue weighted by Crippen LogP contribution is -2.18. The Labute approximate surface area is 176 Å². The van der Waals surface area contributed by atoms with Crippen LogP contribution in [-0.2, 0) is 0 Å². The predicted octanol–water partition coefficient (Wildman–Crippen LogP) is 4.45. The molecule has 0 saturated carbocycles. The normalized spacial score (nSPS) is 10.7. The molecule has 0 aromatic heterocycles. The van der Waals surface area contributed by atoms with Crippen molar-refractivity contribution in [3.8, 4) is 11.5 Å². The van der Waals surface area contributed by atoms with E-state index in [1.54, 1.807) is 42.5 Å². The Morgan fingerprint density at radius 2 is 1.72 bits per heavy atom. The van der Waals surface area contributed by atoms with Gasteiger partial charge in [0.25, 0.3) is 5.91 Å². The number of benzene rings is 3. The number of ether oxygens (including phenoxy) is 1. The van der Waals surface area contributed by atoms with Gasteiger partial charge in [0.15, 0.2) is 0 Å². The number of esters is 1. The van der Waals surface area contributed by atoms with Crippen LogP contribution in [0.1, 0.15) is 31.8 Å². The van der Waals surface area contributed by atoms with Gasteiger partial charge in [0.1, 0.15) is 11.5 Å². The van der Waals surface area contributed by atoms with Gasteiger partial charge in [-0.05, 0) is 48.9 Å². The average molecular weight is 453 g/mol. The lowest BCUT2D eigenvalue weighted by Gasteiger charge is -2.09. The van der Waals surface area contributed by atoms with Gasteiger partial charge in [0.2, 0.25) is 0 Å². The number of aromatic hydroxyl groups is 1. The number of amides is 1. The molecule has 0 fully saturated rings. The second-order valence-corrected chi connectivity index (χ2v) is 7.02. The molecule has 0 atom stereocenters. The molecule has 1 amide bonds. The van der Waals surface area contributed by atoms with Crippen molar-refractivity contribution in [3.63, 3.8) is 0 Å². The zero-order chi connectivity index (χ0) is 20.8. The van der Waals surface area contributed by atoms with Crippen LogP contribution in [0, 0.1) is 6.92 Å². The second kappa shape index (κ2) is 9.16. The summed E-state index contributed by atoms with van der Waals surface area (Å²) in [5.41, 5.74) is 4.20. The number of halogens is 1. The molecule has 0 aliphatic rings. The Balaban J connectivity index is 1.77. The fourth-order valence-electron chi connectivity index (χ4n) is 2.56. The molecule has 3 rings (SSSR count). The minimum Gasteiger partial charge on any atom is -0.507 e. The van der Waals surface area contributed by atoms with Crippen molar-refractivity contribution in [2.75, 3.05) is 0 Å². The van der Waals surface area contributed by atoms with Crippen LogP contribution in [0.3, 0.4) is 0 Å². The molecule has 0 bridgehead atoms. The summed E-state index contributed by atoms with van der Waals surface area (Å²) in [5.74, 6) is -0.899. The van der Waals surface area contributed by atoms with E-state index < -0.39 is 11.9 Å². The summed E-state index contributed by atoms with van der Waals surface area (Å²) in [6.45, 7) is 1.83. The van der Waals surface area contributed by atoms with Gasteiger partial charge in [-0.15, -0.1) is 0 Å². The van der Waals surface area contributed by atoms with Gasteiger partial charge >= 0.3 is 5.97 Å². The van der Waals surface area contributed by atoms with Gasteiger partial charge in [-0.2, -0.15) is 5.10 Å². The van der Waals surface area contributed by atoms with E-state index in [0.717, 1.165) is 10.0 Å². The van der Waals surface area contributed by atoms with Crippen LogP contribution in [0.25, 0.3) is 0 Å². The molecule has 146 valence electrons. The molecule has 2 N–H and O–H groups in total. The number of carbonyl (C=O) groups excluding carboxylic acids is 2. The van der Waals surface area contributed by atoms with E-state index in [2.05, 4.69) is 26.5 Å². The first-order valence-electron chi connectivity index (χ1n) is 8.64. The van der Waals surface area contributed by atoms with Crippen LogP contribution in [0.5, 0.6) is 11.5 Å². The van der Waals surface area contributed by atoms with Gasteiger partial charge in [0, 0.05) is 10.0 Å². The highest BCUT2D eigenvalue weighted by Crippen LogP contribution is 2.23. The predicted molar refractivity (Wildman–Crippen MR) is 113 cm³/mol. The summed E-state index contributed by atoms with van der Waals surface area (Å²) in [6.07, 6.45) is 1.36. The minimum atomic E-state index is -0.562. The number of aryl methyl sites for hydroxylation is 1. The number of para-hydroxylation sites is 1. The van der Waals surface area contributed by atoms with E-state index in [1.165, 1.54) is 18.3 Å². The molecule has 3 aromatic rings. The summed E-state index contributed by atoms with van der Waals surface area (Å²) in [7, 11) is 0. The number of hydrazone groups is 1. The van der Waals surface area contributed by atoms with E-state index in [9.17, 15) is 14.7 Å². The Hall–Kier alpha value is -3.45. The van der Waals surface area contributed by atoms with Crippen LogP contribution >= 0.6 is 15.9 Å². The molecule has 6 nitrogen and oxygen atoms in total. The Kier molecular flexibility index (Phi) is 6.41. The smallest absolute Gasteiger partial charge is 0.343 e. The van der Waals surface area contributed by atoms with Crippen molar-refractivity contribution >= 4 is 34.0 Å². The Morgan fingerprint density at radius 1 is 1.03 bits per heavy atom. The van der Waals surface area contributed by atoms with Crippen molar-refractivity contribution in [1.29, 1.82) is 0 Å². The molecule has 0 unspecified atom stereocenters. The number of nitrogens with one attached hydrogen (secondary N) is 1. The molecule has 0 radical (unpaired) electrons. The molecule has 0 heterocycles. The highest BCUT2D eigenvalue weighted by atomic mass is 79.9. The van der Waals surface area contributed by atoms with Crippen LogP contribution in [0.4, 0.5) is 0 Å². The molecule has 0 saturated heterocycles. The van der Waals surface area contributed by atoms with Crippen LogP contribution in [0.15, 0.2) is 76.3 Å². The zero-order valence-electron chi connectivity index (χ0n) is 15.4. The lowest BCUT2D eigenvalue weighted by molar-refractivity contribution is 0.0733. The van der Waals surface area contributed by atoms with Crippen LogP contribution < -0.4 is 10.2 Å². The fourth-order valence-corrected chi connectivity index (χ4v) is 2.94. The number of nitrogens with zero attached hydrogens (tertiary/aromatic N) is 1. The molecule has 3 aromatic carbocycles. The summed E-state index contributed by atoms with van der Waals surface area (Å²) in [6, 6.07) is 18.3. The van der Waals surface area contributed by atoms with E-state index in [1.807, 2.05) is 19.1 Å². The first-order chi connectivity index (χ1) is 14.0. The molecule has 7 heteroatoms. The number of phenolic OH excluding ortho intramolecular Hbond substituents is 1. The largest absolute Gasteiger partial charge is 0.507 e. The van der Waals surface area contributed by atoms with Crippen molar-refractivity contribution in [2.45, 2.75) is 6.92 Å². The van der Waals surface area contributed by atoms with Crippen molar-refractivity contribution in [2.24, 2.45) is 5.10 Å². The van der Waals surface area contributed by atoms with Crippen molar-refractivity contribution in [1.82, 2.24) is 5.43 Å². The first-order valence-corrected chi connectivity index (χ1v) is 9.44. The van der Waals surface area contributed by atoms with Crippen molar-refractivity contribution in [3.05, 3.63) is 93.5 Å². The lowest BCUT2D eigenvalue weighted by atomic mass is 10.1. The highest BCUT2D eigenvalue weighted by molar-refractivity contribution is 9.10. The zero-order valence-corrected chi connectivity index (χ0v) is 17.0. The maximum atomic E-state index is 12.5. The quantitative estimate of drug-likeness (QED) is 0.259. The SMILES string of the molecule is Cc1ccccc1C(=O)Oc1ccc(Br)cc1/C=N\NC(=O)c1ccccc1O. The van der Waals surface area contributed by atoms with Gasteiger partial charge in [-0.1, -0.05) is 46.3 Å². The third-order valence-electron chi connectivity index (χ3n) is 4.06. The van der Waals surface area contributed by atoms with Crippen LogP contribution in [0.2, 0.25) is 0 Å². The summed E-state index contributed by atoms with van der Waals surface area (Å²) >= 11 is 3.36. The third-order valence-corrected chi connectivity index (χ3v) is 4.55. The van der Waals surface area contributed by atoms with Gasteiger partial charge in [0.05, 0.1) is 17.3 Å². The molecule has 0 aliphatic heterocycles. The number of hydrogen-bond donors (Lipinski definition) is 2. The topological polar surface area (TPSA) is 88.0 Å². The maximum Gasteiger partial charge on any atom is 0.343 e. The Bertz CT molecular complexity index is 1100. The molecule has 0 aliphatic carbocycles.